The van der Waals surface area contributed by atoms with Crippen molar-refractivity contribution in [3.8, 4) is 33.2 Å². The Morgan fingerprint density at radius 1 is 1.05 bits per heavy atom. The van der Waals surface area contributed by atoms with Crippen LogP contribution in [0.4, 0.5) is 0 Å². The Balaban J connectivity index is 2.16. The summed E-state index contributed by atoms with van der Waals surface area (Å²) in [6.07, 6.45) is 0. The molecule has 0 atom stereocenters. The minimum Gasteiger partial charge on any atom is -0.506 e. The average Bonchev–Trinajstić information content (AvgIpc) is 2.95. The number of nitrogens with zero attached hydrogens (tertiary/aromatic N) is 2. The van der Waals surface area contributed by atoms with Gasteiger partial charge in [-0.3, -0.25) is 0 Å². The van der Waals surface area contributed by atoms with Crippen LogP contribution in [0.3, 0.4) is 0 Å². The normalized spacial score (nSPS) is 10.8. The molecule has 0 fully saturated rings. The van der Waals surface area contributed by atoms with E-state index in [0.717, 1.165) is 16.0 Å². The highest BCUT2D eigenvalue weighted by Gasteiger charge is 2.18. The van der Waals surface area contributed by atoms with Crippen molar-refractivity contribution >= 4 is 23.1 Å². The summed E-state index contributed by atoms with van der Waals surface area (Å²) in [5, 5.41) is 23.6. The van der Waals surface area contributed by atoms with Crippen LogP contribution < -0.4 is 0 Å². The first kappa shape index (κ1) is 13.9. The SMILES string of the molecule is Cc1ccc(-c2snnc2-c2ccc(O)c(Cl)c2O)cc1. The molecule has 21 heavy (non-hydrogen) atoms. The molecule has 0 aliphatic heterocycles. The van der Waals surface area contributed by atoms with E-state index < -0.39 is 0 Å². The second-order valence-electron chi connectivity index (χ2n) is 4.61. The number of rotatable bonds is 2. The molecular weight excluding hydrogens is 308 g/mol. The fraction of sp³-hybridized carbons (Fsp3) is 0.0667. The molecule has 0 saturated carbocycles. The summed E-state index contributed by atoms with van der Waals surface area (Å²) in [7, 11) is 0. The molecular formula is C15H11ClN2O2S. The largest absolute Gasteiger partial charge is 0.506 e. The van der Waals surface area contributed by atoms with E-state index in [-0.39, 0.29) is 16.5 Å². The molecule has 1 heterocycles. The third-order valence-corrected chi connectivity index (χ3v) is 4.30. The highest BCUT2D eigenvalue weighted by atomic mass is 35.5. The monoisotopic (exact) mass is 318 g/mol. The van der Waals surface area contributed by atoms with Crippen LogP contribution in [0.25, 0.3) is 21.7 Å². The van der Waals surface area contributed by atoms with Gasteiger partial charge in [-0.05, 0) is 36.2 Å². The predicted octanol–water partition coefficient (Wildman–Crippen LogP) is 4.25. The fourth-order valence-corrected chi connectivity index (χ4v) is 2.85. The zero-order valence-corrected chi connectivity index (χ0v) is 12.6. The van der Waals surface area contributed by atoms with E-state index >= 15 is 0 Å². The molecule has 4 nitrogen and oxygen atoms in total. The van der Waals surface area contributed by atoms with E-state index in [1.165, 1.54) is 17.6 Å². The summed E-state index contributed by atoms with van der Waals surface area (Å²) in [5.74, 6) is -0.365. The molecule has 3 aromatic rings. The van der Waals surface area contributed by atoms with Gasteiger partial charge in [-0.2, -0.15) is 0 Å². The Labute approximate surface area is 130 Å². The van der Waals surface area contributed by atoms with Crippen molar-refractivity contribution in [2.75, 3.05) is 0 Å². The van der Waals surface area contributed by atoms with Crippen molar-refractivity contribution in [2.24, 2.45) is 0 Å². The third kappa shape index (κ3) is 2.46. The van der Waals surface area contributed by atoms with Crippen molar-refractivity contribution in [1.82, 2.24) is 9.59 Å². The van der Waals surface area contributed by atoms with Gasteiger partial charge in [0.05, 0.1) is 4.88 Å². The first-order valence-electron chi connectivity index (χ1n) is 6.18. The van der Waals surface area contributed by atoms with Gasteiger partial charge in [0.15, 0.2) is 0 Å². The molecule has 3 rings (SSSR count). The number of aryl methyl sites for hydroxylation is 1. The van der Waals surface area contributed by atoms with Crippen LogP contribution in [0.2, 0.25) is 5.02 Å². The molecule has 0 saturated heterocycles. The van der Waals surface area contributed by atoms with Crippen molar-refractivity contribution in [2.45, 2.75) is 6.92 Å². The lowest BCUT2D eigenvalue weighted by atomic mass is 10.0. The number of phenols is 2. The number of hydrogen-bond donors (Lipinski definition) is 2. The van der Waals surface area contributed by atoms with Gasteiger partial charge in [-0.1, -0.05) is 45.9 Å². The lowest BCUT2D eigenvalue weighted by molar-refractivity contribution is 0.452. The van der Waals surface area contributed by atoms with Crippen LogP contribution in [0, 0.1) is 6.92 Å². The van der Waals surface area contributed by atoms with Gasteiger partial charge in [0, 0.05) is 5.56 Å². The molecule has 6 heteroatoms. The number of aromatic nitrogens is 2. The number of hydrogen-bond acceptors (Lipinski definition) is 5. The van der Waals surface area contributed by atoms with Gasteiger partial charge in [-0.25, -0.2) is 0 Å². The first-order valence-corrected chi connectivity index (χ1v) is 7.33. The van der Waals surface area contributed by atoms with E-state index in [1.807, 2.05) is 31.2 Å². The van der Waals surface area contributed by atoms with Crippen molar-refractivity contribution in [1.29, 1.82) is 0 Å². The molecule has 2 N–H and O–H groups in total. The van der Waals surface area contributed by atoms with Crippen molar-refractivity contribution in [3.05, 3.63) is 47.0 Å². The smallest absolute Gasteiger partial charge is 0.147 e. The van der Waals surface area contributed by atoms with E-state index in [0.29, 0.717) is 11.3 Å². The van der Waals surface area contributed by atoms with Crippen LogP contribution in [0.15, 0.2) is 36.4 Å². The molecule has 0 aliphatic rings. The van der Waals surface area contributed by atoms with Crippen molar-refractivity contribution < 1.29 is 10.2 Å². The Morgan fingerprint density at radius 3 is 2.48 bits per heavy atom. The summed E-state index contributed by atoms with van der Waals surface area (Å²) in [4.78, 5) is 0.840. The quantitative estimate of drug-likeness (QED) is 0.741. The first-order chi connectivity index (χ1) is 10.1. The maximum atomic E-state index is 10.1. The lowest BCUT2D eigenvalue weighted by Crippen LogP contribution is -1.85. The van der Waals surface area contributed by atoms with E-state index in [2.05, 4.69) is 9.59 Å². The molecule has 106 valence electrons. The molecule has 1 aromatic heterocycles. The highest BCUT2D eigenvalue weighted by Crippen LogP contribution is 2.43. The van der Waals surface area contributed by atoms with Gasteiger partial charge in [0.1, 0.15) is 22.2 Å². The van der Waals surface area contributed by atoms with Gasteiger partial charge < -0.3 is 10.2 Å². The molecule has 0 amide bonds. The predicted molar refractivity (Wildman–Crippen MR) is 83.9 cm³/mol. The van der Waals surface area contributed by atoms with Gasteiger partial charge >= 0.3 is 0 Å². The Bertz CT molecular complexity index is 800. The summed E-state index contributed by atoms with van der Waals surface area (Å²) in [6.45, 7) is 2.02. The zero-order valence-electron chi connectivity index (χ0n) is 11.0. The minimum atomic E-state index is -0.197. The Kier molecular flexibility index (Phi) is 3.53. The summed E-state index contributed by atoms with van der Waals surface area (Å²) in [6, 6.07) is 11.0. The highest BCUT2D eigenvalue weighted by molar-refractivity contribution is 7.09. The van der Waals surface area contributed by atoms with Crippen molar-refractivity contribution in [3.63, 3.8) is 0 Å². The summed E-state index contributed by atoms with van der Waals surface area (Å²) >= 11 is 7.12. The second-order valence-corrected chi connectivity index (χ2v) is 5.74. The topological polar surface area (TPSA) is 66.2 Å². The number of aromatic hydroxyl groups is 2. The number of halogens is 1. The number of benzene rings is 2. The summed E-state index contributed by atoms with van der Waals surface area (Å²) in [5.41, 5.74) is 3.12. The molecule has 0 aliphatic carbocycles. The summed E-state index contributed by atoms with van der Waals surface area (Å²) < 4.78 is 3.97. The average molecular weight is 319 g/mol. The molecule has 0 bridgehead atoms. The van der Waals surface area contributed by atoms with Gasteiger partial charge in [0.25, 0.3) is 0 Å². The van der Waals surface area contributed by atoms with E-state index in [1.54, 1.807) is 6.07 Å². The van der Waals surface area contributed by atoms with Gasteiger partial charge in [-0.15, -0.1) is 5.10 Å². The zero-order chi connectivity index (χ0) is 15.0. The standard InChI is InChI=1S/C15H11ClN2O2S/c1-8-2-4-9(5-3-8)15-13(17-18-21-15)10-6-7-11(19)12(16)14(10)20/h2-7,19-20H,1H3. The Morgan fingerprint density at radius 2 is 1.76 bits per heavy atom. The molecule has 0 spiro atoms. The van der Waals surface area contributed by atoms with E-state index in [4.69, 9.17) is 11.6 Å². The molecule has 2 aromatic carbocycles. The van der Waals surface area contributed by atoms with E-state index in [9.17, 15) is 10.2 Å². The van der Waals surface area contributed by atoms with Gasteiger partial charge in [0.2, 0.25) is 0 Å². The van der Waals surface area contributed by atoms with Crippen LogP contribution >= 0.6 is 23.1 Å². The molecule has 0 unspecified atom stereocenters. The Hall–Kier alpha value is -2.11. The van der Waals surface area contributed by atoms with Crippen LogP contribution in [0.1, 0.15) is 5.56 Å². The fourth-order valence-electron chi connectivity index (χ4n) is 2.01. The second kappa shape index (κ2) is 5.35. The minimum absolute atomic E-state index is 0.0876. The third-order valence-electron chi connectivity index (χ3n) is 3.15. The maximum Gasteiger partial charge on any atom is 0.147 e. The van der Waals surface area contributed by atoms with Crippen LogP contribution in [0.5, 0.6) is 11.5 Å². The maximum absolute atomic E-state index is 10.1. The lowest BCUT2D eigenvalue weighted by Gasteiger charge is -2.07. The van der Waals surface area contributed by atoms with Crippen LogP contribution in [-0.4, -0.2) is 19.8 Å². The molecule has 0 radical (unpaired) electrons. The number of phenolic OH excluding ortho intramolecular Hbond substituents is 2. The van der Waals surface area contributed by atoms with Crippen LogP contribution in [-0.2, 0) is 0 Å².